The number of thioether (sulfide) groups is 1. The fourth-order valence-corrected chi connectivity index (χ4v) is 3.95. The van der Waals surface area contributed by atoms with Gasteiger partial charge in [-0.25, -0.2) is 4.39 Å². The fourth-order valence-electron chi connectivity index (χ4n) is 2.52. The Morgan fingerprint density at radius 2 is 2.04 bits per heavy atom. The first-order valence-corrected chi connectivity index (χ1v) is 9.99. The summed E-state index contributed by atoms with van der Waals surface area (Å²) in [5.41, 5.74) is 1.19. The monoisotopic (exact) mass is 469 g/mol. The lowest BCUT2D eigenvalue weighted by Crippen LogP contribution is -2.27. The minimum Gasteiger partial charge on any atom is -0.493 e. The van der Waals surface area contributed by atoms with Crippen LogP contribution in [0.25, 0.3) is 6.08 Å². The molecule has 27 heavy (non-hydrogen) atoms. The maximum atomic E-state index is 13.2. The van der Waals surface area contributed by atoms with Crippen molar-refractivity contribution < 1.29 is 18.7 Å². The van der Waals surface area contributed by atoms with Crippen molar-refractivity contribution in [3.63, 3.8) is 0 Å². The zero-order chi connectivity index (χ0) is 19.6. The van der Waals surface area contributed by atoms with E-state index in [1.165, 1.54) is 12.1 Å². The van der Waals surface area contributed by atoms with Crippen LogP contribution in [0.4, 0.5) is 9.18 Å². The Hall–Kier alpha value is -1.83. The number of amides is 2. The second-order valence-corrected chi connectivity index (χ2v) is 7.93. The van der Waals surface area contributed by atoms with E-state index in [2.05, 4.69) is 15.9 Å². The standard InChI is InChI=1S/C19H14BrClFNO3S/c1-2-26-16-6-4-13(20)7-12(16)8-17-18(24)23(19(25)27-17)10-11-3-5-14(22)9-15(11)21/h3-9H,2,10H2,1H3/b17-8+. The second kappa shape index (κ2) is 8.46. The molecule has 0 saturated carbocycles. The zero-order valence-corrected chi connectivity index (χ0v) is 17.3. The first-order valence-electron chi connectivity index (χ1n) is 8.00. The zero-order valence-electron chi connectivity index (χ0n) is 14.2. The molecule has 0 unspecified atom stereocenters. The summed E-state index contributed by atoms with van der Waals surface area (Å²) < 4.78 is 19.6. The molecular formula is C19H14BrClFNO3S. The molecule has 1 aliphatic heterocycles. The maximum absolute atomic E-state index is 13.2. The topological polar surface area (TPSA) is 46.6 Å². The van der Waals surface area contributed by atoms with Crippen LogP contribution >= 0.6 is 39.3 Å². The van der Waals surface area contributed by atoms with Crippen LogP contribution in [0, 0.1) is 5.82 Å². The summed E-state index contributed by atoms with van der Waals surface area (Å²) >= 11 is 10.3. The van der Waals surface area contributed by atoms with Gasteiger partial charge in [-0.3, -0.25) is 14.5 Å². The normalized spacial score (nSPS) is 15.7. The lowest BCUT2D eigenvalue weighted by Gasteiger charge is -2.13. The van der Waals surface area contributed by atoms with Gasteiger partial charge in [-0.15, -0.1) is 0 Å². The fraction of sp³-hybridized carbons (Fsp3) is 0.158. The highest BCUT2D eigenvalue weighted by molar-refractivity contribution is 9.10. The molecule has 3 rings (SSSR count). The molecule has 0 spiro atoms. The second-order valence-electron chi connectivity index (χ2n) is 5.62. The molecule has 0 aromatic heterocycles. The minimum atomic E-state index is -0.476. The molecule has 1 fully saturated rings. The van der Waals surface area contributed by atoms with E-state index in [4.69, 9.17) is 16.3 Å². The van der Waals surface area contributed by atoms with Crippen molar-refractivity contribution in [3.05, 3.63) is 67.7 Å². The molecule has 8 heteroatoms. The predicted octanol–water partition coefficient (Wildman–Crippen LogP) is 5.88. The number of nitrogens with zero attached hydrogens (tertiary/aromatic N) is 1. The third-order valence-corrected chi connectivity index (χ3v) is 5.53. The molecule has 2 amide bonds. The highest BCUT2D eigenvalue weighted by Gasteiger charge is 2.35. The number of hydrogen-bond acceptors (Lipinski definition) is 4. The van der Waals surface area contributed by atoms with E-state index in [9.17, 15) is 14.0 Å². The molecule has 0 aliphatic carbocycles. The number of benzene rings is 2. The third-order valence-electron chi connectivity index (χ3n) is 3.78. The summed E-state index contributed by atoms with van der Waals surface area (Å²) in [6.45, 7) is 2.33. The van der Waals surface area contributed by atoms with E-state index >= 15 is 0 Å². The molecule has 140 valence electrons. The van der Waals surface area contributed by atoms with E-state index in [1.54, 1.807) is 12.1 Å². The molecule has 0 bridgehead atoms. The molecule has 0 N–H and O–H groups in total. The molecule has 1 heterocycles. The number of rotatable bonds is 5. The van der Waals surface area contributed by atoms with E-state index < -0.39 is 17.0 Å². The lowest BCUT2D eigenvalue weighted by molar-refractivity contribution is -0.123. The SMILES string of the molecule is CCOc1ccc(Br)cc1/C=C1/SC(=O)N(Cc2ccc(F)cc2Cl)C1=O. The quantitative estimate of drug-likeness (QED) is 0.512. The average Bonchev–Trinajstić information content (AvgIpc) is 2.87. The summed E-state index contributed by atoms with van der Waals surface area (Å²) in [4.78, 5) is 26.4. The highest BCUT2D eigenvalue weighted by atomic mass is 79.9. The third kappa shape index (κ3) is 4.54. The van der Waals surface area contributed by atoms with Crippen molar-refractivity contribution in [3.8, 4) is 5.75 Å². The number of hydrogen-bond donors (Lipinski definition) is 0. The van der Waals surface area contributed by atoms with Gasteiger partial charge in [0.1, 0.15) is 11.6 Å². The van der Waals surface area contributed by atoms with Gasteiger partial charge >= 0.3 is 0 Å². The van der Waals surface area contributed by atoms with Crippen molar-refractivity contribution >= 4 is 56.5 Å². The van der Waals surface area contributed by atoms with Crippen LogP contribution < -0.4 is 4.74 Å². The van der Waals surface area contributed by atoms with E-state index in [1.807, 2.05) is 19.1 Å². The van der Waals surface area contributed by atoms with E-state index in [-0.39, 0.29) is 16.5 Å². The van der Waals surface area contributed by atoms with Crippen molar-refractivity contribution in [1.82, 2.24) is 4.90 Å². The Labute approximate surface area is 173 Å². The first-order chi connectivity index (χ1) is 12.9. The van der Waals surface area contributed by atoms with Crippen LogP contribution in [0.3, 0.4) is 0 Å². The molecule has 1 aliphatic rings. The Morgan fingerprint density at radius 3 is 2.74 bits per heavy atom. The summed E-state index contributed by atoms with van der Waals surface area (Å²) in [5, 5.41) is -0.233. The Bertz CT molecular complexity index is 951. The van der Waals surface area contributed by atoms with E-state index in [0.29, 0.717) is 23.5 Å². The first kappa shape index (κ1) is 19.9. The molecule has 0 radical (unpaired) electrons. The molecule has 4 nitrogen and oxygen atoms in total. The van der Waals surface area contributed by atoms with E-state index in [0.717, 1.165) is 27.2 Å². The van der Waals surface area contributed by atoms with Crippen molar-refractivity contribution in [1.29, 1.82) is 0 Å². The van der Waals surface area contributed by atoms with Gasteiger partial charge < -0.3 is 4.74 Å². The Kier molecular flexibility index (Phi) is 6.24. The number of carbonyl (C=O) groups excluding carboxylic acids is 2. The van der Waals surface area contributed by atoms with Crippen LogP contribution in [-0.4, -0.2) is 22.7 Å². The minimum absolute atomic E-state index is 0.0160. The Balaban J connectivity index is 1.88. The van der Waals surface area contributed by atoms with Gasteiger partial charge in [-0.2, -0.15) is 0 Å². The van der Waals surface area contributed by atoms with Crippen LogP contribution in [-0.2, 0) is 11.3 Å². The number of carbonyl (C=O) groups is 2. The summed E-state index contributed by atoms with van der Waals surface area (Å²) in [5.74, 6) is -0.280. The maximum Gasteiger partial charge on any atom is 0.293 e. The van der Waals surface area contributed by atoms with Crippen molar-refractivity contribution in [2.24, 2.45) is 0 Å². The van der Waals surface area contributed by atoms with Gasteiger partial charge in [-0.1, -0.05) is 33.6 Å². The van der Waals surface area contributed by atoms with Crippen LogP contribution in [0.15, 0.2) is 45.8 Å². The molecule has 0 atom stereocenters. The van der Waals surface area contributed by atoms with Crippen molar-refractivity contribution in [2.45, 2.75) is 13.5 Å². The largest absolute Gasteiger partial charge is 0.493 e. The molecule has 2 aromatic carbocycles. The Morgan fingerprint density at radius 1 is 1.26 bits per heavy atom. The predicted molar refractivity (Wildman–Crippen MR) is 108 cm³/mol. The highest BCUT2D eigenvalue weighted by Crippen LogP contribution is 2.36. The molecule has 2 aromatic rings. The number of halogens is 3. The number of imide groups is 1. The van der Waals surface area contributed by atoms with Gasteiger partial charge in [0.05, 0.1) is 18.1 Å². The van der Waals surface area contributed by atoms with Gasteiger partial charge in [0, 0.05) is 15.1 Å². The molecule has 1 saturated heterocycles. The smallest absolute Gasteiger partial charge is 0.293 e. The van der Waals surface area contributed by atoms with Gasteiger partial charge in [0.2, 0.25) is 0 Å². The van der Waals surface area contributed by atoms with Gasteiger partial charge in [-0.05, 0) is 60.7 Å². The summed E-state index contributed by atoms with van der Waals surface area (Å²) in [7, 11) is 0. The lowest BCUT2D eigenvalue weighted by atomic mass is 10.1. The van der Waals surface area contributed by atoms with Crippen LogP contribution in [0.2, 0.25) is 5.02 Å². The van der Waals surface area contributed by atoms with Gasteiger partial charge in [0.25, 0.3) is 11.1 Å². The van der Waals surface area contributed by atoms with Crippen LogP contribution in [0.1, 0.15) is 18.1 Å². The average molecular weight is 471 g/mol. The van der Waals surface area contributed by atoms with Crippen LogP contribution in [0.5, 0.6) is 5.75 Å². The molecular weight excluding hydrogens is 457 g/mol. The van der Waals surface area contributed by atoms with Gasteiger partial charge in [0.15, 0.2) is 0 Å². The number of ether oxygens (including phenoxy) is 1. The summed E-state index contributed by atoms with van der Waals surface area (Å²) in [6, 6.07) is 9.31. The van der Waals surface area contributed by atoms with Crippen molar-refractivity contribution in [2.75, 3.05) is 6.61 Å². The summed E-state index contributed by atoms with van der Waals surface area (Å²) in [6.07, 6.45) is 1.63.